The number of aromatic nitrogens is 3. The lowest BCUT2D eigenvalue weighted by atomic mass is 9.90. The molecule has 10 rings (SSSR count). The van der Waals surface area contributed by atoms with Crippen LogP contribution in [0, 0.1) is 19.7 Å². The summed E-state index contributed by atoms with van der Waals surface area (Å²) in [5, 5.41) is 7.86. The number of anilines is 2. The summed E-state index contributed by atoms with van der Waals surface area (Å²) in [7, 11) is 2.10. The summed E-state index contributed by atoms with van der Waals surface area (Å²) in [6, 6.07) is 16.0. The molecule has 350 valence electrons. The van der Waals surface area contributed by atoms with Crippen molar-refractivity contribution in [1.29, 1.82) is 0 Å². The number of likely N-dealkylation sites (N-methyl/N-ethyl adjacent to an activating group) is 1. The molecule has 0 saturated carbocycles. The van der Waals surface area contributed by atoms with Gasteiger partial charge < -0.3 is 40.2 Å². The molecule has 1 saturated heterocycles. The Bertz CT molecular complexity index is 2750. The number of halogens is 5. The van der Waals surface area contributed by atoms with Crippen molar-refractivity contribution < 1.29 is 32.1 Å². The number of alkyl halides is 2. The Labute approximate surface area is 400 Å². The van der Waals surface area contributed by atoms with Gasteiger partial charge in [-0.3, -0.25) is 4.90 Å². The van der Waals surface area contributed by atoms with E-state index in [1.807, 2.05) is 32.0 Å². The van der Waals surface area contributed by atoms with E-state index >= 15 is 0 Å². The molecule has 4 N–H and O–H groups in total. The van der Waals surface area contributed by atoms with Gasteiger partial charge in [0.25, 0.3) is 6.43 Å². The molecular weight excluding hydrogens is 927 g/mol. The fourth-order valence-electron chi connectivity index (χ4n) is 8.18. The molecule has 2 unspecified atom stereocenters. The number of nitrogens with zero attached hydrogens (tertiary/aromatic N) is 6. The van der Waals surface area contributed by atoms with Crippen molar-refractivity contribution in [3.8, 4) is 50.2 Å². The summed E-state index contributed by atoms with van der Waals surface area (Å²) in [6.07, 6.45) is 0.440. The molecule has 67 heavy (non-hydrogen) atoms. The average molecular weight is 975 g/mol. The molecule has 13 nitrogen and oxygen atoms in total. The van der Waals surface area contributed by atoms with Crippen LogP contribution in [-0.2, 0) is 17.8 Å². The highest BCUT2D eigenvalue weighted by Gasteiger charge is 2.34. The summed E-state index contributed by atoms with van der Waals surface area (Å²) >= 11 is 16.2. The molecule has 4 aliphatic heterocycles. The maximum absolute atomic E-state index is 14.3. The molecule has 2 atom stereocenters. The highest BCUT2D eigenvalue weighted by Crippen LogP contribution is 2.53. The zero-order chi connectivity index (χ0) is 46.8. The van der Waals surface area contributed by atoms with Crippen molar-refractivity contribution in [1.82, 2.24) is 24.8 Å². The second-order valence-electron chi connectivity index (χ2n) is 16.5. The van der Waals surface area contributed by atoms with Crippen LogP contribution in [0.4, 0.5) is 24.0 Å². The number of nitrogens with two attached hydrogens (primary N) is 1. The standard InChI is InChI=1S/C48H48Cl2F3N9O4S/c1-26-38-27(2)42(50)43(41(26)49)66-37(62-17-15-61(3)16-18-62)24-64-33-9-10-35(65-23-32-12-14-55-46(60-32)30-6-11-36(56-21-30)57-22-34(54)45(52)53)29(20-33)13-19-63-47-40-39(38)44(67-48(40)59-25-58-47)28-4-7-31(51)8-5-28/h4-12,14,20-21,34,37,45,59H,13,15-19,22-25,54H2,1-3H3,(H,56,57). The molecule has 3 aromatic carbocycles. The van der Waals surface area contributed by atoms with E-state index in [1.54, 1.807) is 42.7 Å². The van der Waals surface area contributed by atoms with Gasteiger partial charge in [0.1, 0.15) is 48.0 Å². The van der Waals surface area contributed by atoms with Gasteiger partial charge in [-0.25, -0.2) is 33.1 Å². The van der Waals surface area contributed by atoms with Crippen molar-refractivity contribution in [3.63, 3.8) is 0 Å². The third-order valence-electron chi connectivity index (χ3n) is 11.9. The molecule has 4 bridgehead atoms. The van der Waals surface area contributed by atoms with E-state index in [0.717, 1.165) is 75.0 Å². The Kier molecular flexibility index (Phi) is 14.0. The van der Waals surface area contributed by atoms with Crippen molar-refractivity contribution in [2.75, 3.05) is 70.3 Å². The maximum atomic E-state index is 14.3. The molecule has 0 amide bonds. The third kappa shape index (κ3) is 10.1. The number of hydrogen-bond donors (Lipinski definition) is 3. The second-order valence-corrected chi connectivity index (χ2v) is 18.2. The number of piperazine rings is 1. The molecule has 6 aromatic rings. The van der Waals surface area contributed by atoms with Crippen LogP contribution in [0.15, 0.2) is 78.0 Å². The van der Waals surface area contributed by atoms with Crippen LogP contribution in [0.2, 0.25) is 10.0 Å². The van der Waals surface area contributed by atoms with E-state index in [-0.39, 0.29) is 38.9 Å². The maximum Gasteiger partial charge on any atom is 0.255 e. The predicted octanol–water partition coefficient (Wildman–Crippen LogP) is 9.31. The van der Waals surface area contributed by atoms with Crippen molar-refractivity contribution in [2.24, 2.45) is 10.7 Å². The second kappa shape index (κ2) is 20.3. The quantitative estimate of drug-likeness (QED) is 0.120. The molecular formula is C48H48Cl2F3N9O4S. The number of pyridine rings is 1. The number of aliphatic imine (C=N–C) groups is 1. The molecule has 0 aliphatic carbocycles. The van der Waals surface area contributed by atoms with Crippen molar-refractivity contribution >= 4 is 51.3 Å². The predicted molar refractivity (Wildman–Crippen MR) is 257 cm³/mol. The van der Waals surface area contributed by atoms with E-state index in [0.29, 0.717) is 62.5 Å². The monoisotopic (exact) mass is 973 g/mol. The van der Waals surface area contributed by atoms with Crippen molar-refractivity contribution in [3.05, 3.63) is 117 Å². The van der Waals surface area contributed by atoms with Gasteiger partial charge in [-0.05, 0) is 91.7 Å². The fraction of sp³-hybridized carbons (Fsp3) is 0.333. The van der Waals surface area contributed by atoms with E-state index < -0.39 is 18.7 Å². The first-order valence-electron chi connectivity index (χ1n) is 21.8. The summed E-state index contributed by atoms with van der Waals surface area (Å²) in [5.74, 6) is 2.50. The first-order valence-corrected chi connectivity index (χ1v) is 23.4. The number of ether oxygens (including phenoxy) is 4. The zero-order valence-corrected chi connectivity index (χ0v) is 39.3. The number of thiophene rings is 1. The molecule has 19 heteroatoms. The van der Waals surface area contributed by atoms with Crippen LogP contribution in [0.5, 0.6) is 17.2 Å². The molecule has 1 fully saturated rings. The Hall–Kier alpha value is -5.69. The fourth-order valence-corrected chi connectivity index (χ4v) is 9.88. The number of nitrogens with one attached hydrogen (secondary N) is 2. The Morgan fingerprint density at radius 1 is 0.940 bits per heavy atom. The minimum Gasteiger partial charge on any atom is -0.488 e. The summed E-state index contributed by atoms with van der Waals surface area (Å²) in [4.78, 5) is 23.7. The molecule has 3 aromatic heterocycles. The van der Waals surface area contributed by atoms with E-state index in [4.69, 9.17) is 57.9 Å². The van der Waals surface area contributed by atoms with Crippen LogP contribution < -0.4 is 30.6 Å². The summed E-state index contributed by atoms with van der Waals surface area (Å²) in [5.41, 5.74) is 12.3. The molecule has 7 heterocycles. The Balaban J connectivity index is 1.05. The first kappa shape index (κ1) is 46.4. The van der Waals surface area contributed by atoms with Crippen LogP contribution >= 0.6 is 34.5 Å². The van der Waals surface area contributed by atoms with Gasteiger partial charge in [0, 0.05) is 73.1 Å². The van der Waals surface area contributed by atoms with Gasteiger partial charge in [-0.15, -0.1) is 11.3 Å². The lowest BCUT2D eigenvalue weighted by molar-refractivity contribution is -0.0294. The van der Waals surface area contributed by atoms with Gasteiger partial charge in [0.05, 0.1) is 34.0 Å². The Morgan fingerprint density at radius 3 is 2.43 bits per heavy atom. The number of benzene rings is 3. The molecule has 4 aliphatic rings. The number of hydrogen-bond acceptors (Lipinski definition) is 14. The van der Waals surface area contributed by atoms with Gasteiger partial charge >= 0.3 is 0 Å². The molecule has 0 spiro atoms. The van der Waals surface area contributed by atoms with Gasteiger partial charge in [0.2, 0.25) is 5.90 Å². The Morgan fingerprint density at radius 2 is 1.70 bits per heavy atom. The van der Waals surface area contributed by atoms with Gasteiger partial charge in [0.15, 0.2) is 17.8 Å². The average Bonchev–Trinajstić information content (AvgIpc) is 3.72. The van der Waals surface area contributed by atoms with Gasteiger partial charge in [-0.1, -0.05) is 35.3 Å². The lowest BCUT2D eigenvalue weighted by Crippen LogP contribution is -2.53. The number of fused-ring (bicyclic) bond motifs is 7. The smallest absolute Gasteiger partial charge is 0.255 e. The zero-order valence-electron chi connectivity index (χ0n) is 36.9. The third-order valence-corrected chi connectivity index (χ3v) is 14.0. The molecule has 0 radical (unpaired) electrons. The van der Waals surface area contributed by atoms with Crippen LogP contribution in [0.25, 0.3) is 33.0 Å². The highest BCUT2D eigenvalue weighted by molar-refractivity contribution is 7.20. The van der Waals surface area contributed by atoms with Crippen molar-refractivity contribution in [2.45, 2.75) is 45.6 Å². The highest BCUT2D eigenvalue weighted by atomic mass is 35.5. The SMILES string of the molecule is Cc1c(Cl)c2c(Cl)c(C)c1-c1c(-c3ccc(F)cc3)sc3c1C(=NCN3)OCCc1cc(ccc1OCc1ccnc(-c3ccc(NCC(N)C(F)F)nc3)n1)OCC(N1CCN(C)CC1)O2. The van der Waals surface area contributed by atoms with E-state index in [1.165, 1.54) is 23.5 Å². The normalized spacial score (nSPS) is 17.0. The van der Waals surface area contributed by atoms with Gasteiger partial charge in [-0.2, -0.15) is 0 Å². The summed E-state index contributed by atoms with van der Waals surface area (Å²) in [6.45, 7) is 7.76. The minimum atomic E-state index is -2.64. The first-order chi connectivity index (χ1) is 32.4. The van der Waals surface area contributed by atoms with Crippen LogP contribution in [0.3, 0.4) is 0 Å². The largest absolute Gasteiger partial charge is 0.488 e. The van der Waals surface area contributed by atoms with Crippen LogP contribution in [0.1, 0.15) is 27.9 Å². The van der Waals surface area contributed by atoms with Crippen LogP contribution in [-0.4, -0.2) is 109 Å². The van der Waals surface area contributed by atoms with E-state index in [9.17, 15) is 13.2 Å². The lowest BCUT2D eigenvalue weighted by Gasteiger charge is -2.38. The topological polar surface area (TPSA) is 145 Å². The summed E-state index contributed by atoms with van der Waals surface area (Å²) < 4.78 is 66.6. The number of rotatable bonds is 10. The minimum absolute atomic E-state index is 0.116. The van der Waals surface area contributed by atoms with E-state index in [2.05, 4.69) is 37.4 Å².